The lowest BCUT2D eigenvalue weighted by Crippen LogP contribution is -1.98. The number of rotatable bonds is 6. The normalized spacial score (nSPS) is 11.1. The molecule has 0 heterocycles. The number of methoxy groups -OCH3 is 1. The number of hydrogen-bond acceptors (Lipinski definition) is 3. The fourth-order valence-electron chi connectivity index (χ4n) is 2.81. The van der Waals surface area contributed by atoms with Gasteiger partial charge in [0, 0.05) is 15.1 Å². The van der Waals surface area contributed by atoms with Gasteiger partial charge in [-0.15, -0.1) is 0 Å². The highest BCUT2D eigenvalue weighted by atomic mass is 79.9. The molecule has 152 valence electrons. The third-order valence-electron chi connectivity index (χ3n) is 4.44. The van der Waals surface area contributed by atoms with Crippen LogP contribution in [0.15, 0.2) is 59.1 Å². The maximum absolute atomic E-state index is 9.66. The largest absolute Gasteiger partial charge is 0.493 e. The van der Waals surface area contributed by atoms with Crippen molar-refractivity contribution < 1.29 is 9.47 Å². The Kier molecular flexibility index (Phi) is 7.44. The Morgan fingerprint density at radius 2 is 1.80 bits per heavy atom. The number of benzene rings is 3. The quantitative estimate of drug-likeness (QED) is 0.256. The van der Waals surface area contributed by atoms with Crippen LogP contribution >= 0.6 is 39.1 Å². The molecule has 0 amide bonds. The van der Waals surface area contributed by atoms with Gasteiger partial charge in [-0.25, -0.2) is 0 Å². The maximum atomic E-state index is 9.66. The minimum Gasteiger partial charge on any atom is -0.493 e. The summed E-state index contributed by atoms with van der Waals surface area (Å²) in [6.45, 7) is 2.46. The molecule has 3 rings (SSSR count). The number of hydrogen-bond donors (Lipinski definition) is 0. The van der Waals surface area contributed by atoms with E-state index in [1.165, 1.54) is 5.56 Å². The van der Waals surface area contributed by atoms with Crippen molar-refractivity contribution in [1.82, 2.24) is 0 Å². The molecule has 0 aliphatic heterocycles. The summed E-state index contributed by atoms with van der Waals surface area (Å²) in [5.41, 5.74) is 4.04. The summed E-state index contributed by atoms with van der Waals surface area (Å²) in [6, 6.07) is 19.0. The minimum atomic E-state index is 0.410. The van der Waals surface area contributed by atoms with E-state index in [4.69, 9.17) is 32.7 Å². The van der Waals surface area contributed by atoms with Gasteiger partial charge in [-0.3, -0.25) is 0 Å². The highest BCUT2D eigenvalue weighted by Crippen LogP contribution is 2.36. The topological polar surface area (TPSA) is 42.2 Å². The molecule has 0 aliphatic rings. The average molecular weight is 503 g/mol. The Bertz CT molecular complexity index is 1140. The lowest BCUT2D eigenvalue weighted by molar-refractivity contribution is 0.284. The molecule has 0 atom stereocenters. The van der Waals surface area contributed by atoms with Crippen LogP contribution in [-0.2, 0) is 6.61 Å². The predicted octanol–water partition coefficient (Wildman–Crippen LogP) is 7.72. The predicted molar refractivity (Wildman–Crippen MR) is 126 cm³/mol. The first-order valence-electron chi connectivity index (χ1n) is 9.04. The van der Waals surface area contributed by atoms with Crippen molar-refractivity contribution in [1.29, 1.82) is 5.26 Å². The summed E-state index contributed by atoms with van der Waals surface area (Å²) in [6.07, 6.45) is 1.74. The van der Waals surface area contributed by atoms with Crippen molar-refractivity contribution in [2.75, 3.05) is 7.11 Å². The molecule has 0 N–H and O–H groups in total. The van der Waals surface area contributed by atoms with Crippen LogP contribution in [0.2, 0.25) is 10.0 Å². The third kappa shape index (κ3) is 5.37. The summed E-state index contributed by atoms with van der Waals surface area (Å²) in [7, 11) is 1.58. The zero-order chi connectivity index (χ0) is 21.7. The number of nitriles is 1. The van der Waals surface area contributed by atoms with Gasteiger partial charge >= 0.3 is 0 Å². The van der Waals surface area contributed by atoms with Gasteiger partial charge in [0.15, 0.2) is 11.5 Å². The van der Waals surface area contributed by atoms with E-state index in [0.717, 1.165) is 15.6 Å². The standard InChI is InChI=1S/C24H18BrCl2NO2/c1-15-3-5-16(6-4-15)14-30-24-12-21(25)17(10-23(24)29-2)9-18(13-28)20-8-7-19(26)11-22(20)27/h3-12H,14H2,1-2H3. The Morgan fingerprint density at radius 1 is 1.07 bits per heavy atom. The molecule has 6 heteroatoms. The van der Waals surface area contributed by atoms with Crippen molar-refractivity contribution in [2.24, 2.45) is 0 Å². The van der Waals surface area contributed by atoms with Gasteiger partial charge in [0.1, 0.15) is 6.61 Å². The first kappa shape index (κ1) is 22.2. The maximum Gasteiger partial charge on any atom is 0.162 e. The van der Waals surface area contributed by atoms with E-state index in [1.54, 1.807) is 31.4 Å². The summed E-state index contributed by atoms with van der Waals surface area (Å²) in [5.74, 6) is 1.17. The van der Waals surface area contributed by atoms with Crippen LogP contribution in [0.1, 0.15) is 22.3 Å². The van der Waals surface area contributed by atoms with Crippen molar-refractivity contribution in [3.05, 3.63) is 91.4 Å². The number of aryl methyl sites for hydroxylation is 1. The fraction of sp³-hybridized carbons (Fsp3) is 0.125. The molecular formula is C24H18BrCl2NO2. The first-order valence-corrected chi connectivity index (χ1v) is 10.6. The molecule has 0 spiro atoms. The second-order valence-corrected chi connectivity index (χ2v) is 8.29. The molecule has 0 saturated carbocycles. The molecule has 30 heavy (non-hydrogen) atoms. The molecule has 0 unspecified atom stereocenters. The minimum absolute atomic E-state index is 0.410. The van der Waals surface area contributed by atoms with Crippen LogP contribution in [0.5, 0.6) is 11.5 Å². The second-order valence-electron chi connectivity index (χ2n) is 6.59. The van der Waals surface area contributed by atoms with Gasteiger partial charge in [-0.1, -0.05) is 75.0 Å². The highest BCUT2D eigenvalue weighted by Gasteiger charge is 2.13. The van der Waals surface area contributed by atoms with Gasteiger partial charge in [-0.05, 0) is 48.4 Å². The third-order valence-corrected chi connectivity index (χ3v) is 5.67. The first-order chi connectivity index (χ1) is 14.4. The van der Waals surface area contributed by atoms with Crippen LogP contribution in [0.4, 0.5) is 0 Å². The van der Waals surface area contributed by atoms with E-state index in [1.807, 2.05) is 43.3 Å². The molecular weight excluding hydrogens is 485 g/mol. The summed E-state index contributed by atoms with van der Waals surface area (Å²) < 4.78 is 12.2. The molecule has 0 aromatic heterocycles. The number of ether oxygens (including phenoxy) is 2. The molecule has 3 aromatic carbocycles. The van der Waals surface area contributed by atoms with E-state index < -0.39 is 0 Å². The van der Waals surface area contributed by atoms with Crippen molar-refractivity contribution >= 4 is 50.8 Å². The Balaban J connectivity index is 1.91. The summed E-state index contributed by atoms with van der Waals surface area (Å²) in [4.78, 5) is 0. The summed E-state index contributed by atoms with van der Waals surface area (Å²) in [5, 5.41) is 10.6. The van der Waals surface area contributed by atoms with Crippen LogP contribution in [-0.4, -0.2) is 7.11 Å². The smallest absolute Gasteiger partial charge is 0.162 e. The van der Waals surface area contributed by atoms with Crippen molar-refractivity contribution in [3.8, 4) is 17.6 Å². The zero-order valence-corrected chi connectivity index (χ0v) is 19.5. The van der Waals surface area contributed by atoms with Gasteiger partial charge in [0.05, 0.1) is 23.8 Å². The van der Waals surface area contributed by atoms with Crippen molar-refractivity contribution in [2.45, 2.75) is 13.5 Å². The van der Waals surface area contributed by atoms with Crippen LogP contribution < -0.4 is 9.47 Å². The molecule has 0 radical (unpaired) electrons. The lowest BCUT2D eigenvalue weighted by atomic mass is 10.0. The number of allylic oxidation sites excluding steroid dienone is 1. The number of halogens is 3. The monoisotopic (exact) mass is 501 g/mol. The SMILES string of the molecule is COc1cc(C=C(C#N)c2ccc(Cl)cc2Cl)c(Br)cc1OCc1ccc(C)cc1. The molecule has 0 bridgehead atoms. The zero-order valence-electron chi connectivity index (χ0n) is 16.4. The van der Waals surface area contributed by atoms with Gasteiger partial charge in [0.25, 0.3) is 0 Å². The Labute approximate surface area is 194 Å². The lowest BCUT2D eigenvalue weighted by Gasteiger charge is -2.13. The van der Waals surface area contributed by atoms with E-state index >= 15 is 0 Å². The van der Waals surface area contributed by atoms with E-state index in [-0.39, 0.29) is 0 Å². The molecule has 0 fully saturated rings. The van der Waals surface area contributed by atoms with E-state index in [0.29, 0.717) is 39.3 Å². The summed E-state index contributed by atoms with van der Waals surface area (Å²) >= 11 is 15.8. The Morgan fingerprint density at radius 3 is 2.43 bits per heavy atom. The van der Waals surface area contributed by atoms with E-state index in [9.17, 15) is 5.26 Å². The number of nitrogens with zero attached hydrogens (tertiary/aromatic N) is 1. The molecule has 3 aromatic rings. The van der Waals surface area contributed by atoms with Crippen LogP contribution in [0, 0.1) is 18.3 Å². The molecule has 0 saturated heterocycles. The van der Waals surface area contributed by atoms with Gasteiger partial charge in [0.2, 0.25) is 0 Å². The molecule has 3 nitrogen and oxygen atoms in total. The van der Waals surface area contributed by atoms with Crippen molar-refractivity contribution in [3.63, 3.8) is 0 Å². The second kappa shape index (κ2) is 10.0. The van der Waals surface area contributed by atoms with Gasteiger partial charge in [-0.2, -0.15) is 5.26 Å². The van der Waals surface area contributed by atoms with Crippen LogP contribution in [0.3, 0.4) is 0 Å². The van der Waals surface area contributed by atoms with Crippen LogP contribution in [0.25, 0.3) is 11.6 Å². The van der Waals surface area contributed by atoms with Gasteiger partial charge < -0.3 is 9.47 Å². The molecule has 0 aliphatic carbocycles. The Hall–Kier alpha value is -2.45. The average Bonchev–Trinajstić information content (AvgIpc) is 2.73. The highest BCUT2D eigenvalue weighted by molar-refractivity contribution is 9.10. The fourth-order valence-corrected chi connectivity index (χ4v) is 3.76. The van der Waals surface area contributed by atoms with E-state index in [2.05, 4.69) is 22.0 Å².